The summed E-state index contributed by atoms with van der Waals surface area (Å²) in [6.45, 7) is 4.63. The van der Waals surface area contributed by atoms with Gasteiger partial charge in [0.1, 0.15) is 0 Å². The zero-order chi connectivity index (χ0) is 13.3. The van der Waals surface area contributed by atoms with Gasteiger partial charge in [0.25, 0.3) is 0 Å². The van der Waals surface area contributed by atoms with E-state index in [0.29, 0.717) is 12.5 Å². The average molecular weight is 252 g/mol. The molecule has 1 heterocycles. The van der Waals surface area contributed by atoms with Gasteiger partial charge in [0.2, 0.25) is 11.8 Å². The number of carbonyl (C=O) groups excluding carboxylic acids is 2. The van der Waals surface area contributed by atoms with Gasteiger partial charge in [-0.05, 0) is 25.2 Å². The molecular weight excluding hydrogens is 228 g/mol. The lowest BCUT2D eigenvalue weighted by Gasteiger charge is -2.26. The fraction of sp³-hybridized carbons (Fsp3) is 0.857. The highest BCUT2D eigenvalue weighted by Gasteiger charge is 2.53. The Morgan fingerprint density at radius 3 is 2.28 bits per heavy atom. The van der Waals surface area contributed by atoms with Crippen LogP contribution < -0.4 is 5.73 Å². The maximum Gasteiger partial charge on any atom is 0.233 e. The Kier molecular flexibility index (Phi) is 4.05. The summed E-state index contributed by atoms with van der Waals surface area (Å²) in [6, 6.07) is -0.0779. The quantitative estimate of drug-likeness (QED) is 0.755. The van der Waals surface area contributed by atoms with Gasteiger partial charge in [-0.15, -0.1) is 0 Å². The van der Waals surface area contributed by atoms with Crippen molar-refractivity contribution in [3.05, 3.63) is 0 Å². The van der Waals surface area contributed by atoms with Crippen LogP contribution in [0.25, 0.3) is 0 Å². The van der Waals surface area contributed by atoms with Gasteiger partial charge in [-0.2, -0.15) is 0 Å². The normalized spacial score (nSPS) is 33.1. The monoisotopic (exact) mass is 252 g/mol. The van der Waals surface area contributed by atoms with Crippen LogP contribution in [0.3, 0.4) is 0 Å². The molecule has 0 aromatic carbocycles. The molecule has 0 radical (unpaired) electrons. The minimum atomic E-state index is -0.0779. The maximum atomic E-state index is 12.4. The van der Waals surface area contributed by atoms with Crippen LogP contribution >= 0.6 is 0 Å². The van der Waals surface area contributed by atoms with Crippen molar-refractivity contribution in [2.24, 2.45) is 23.5 Å². The zero-order valence-corrected chi connectivity index (χ0v) is 11.4. The van der Waals surface area contributed by atoms with Crippen molar-refractivity contribution in [3.63, 3.8) is 0 Å². The number of hydrogen-bond donors (Lipinski definition) is 1. The van der Waals surface area contributed by atoms with Gasteiger partial charge in [0.15, 0.2) is 0 Å². The van der Waals surface area contributed by atoms with Crippen molar-refractivity contribution in [1.29, 1.82) is 0 Å². The summed E-state index contributed by atoms with van der Waals surface area (Å²) in [5.41, 5.74) is 5.75. The summed E-state index contributed by atoms with van der Waals surface area (Å²) in [4.78, 5) is 26.2. The Labute approximate surface area is 109 Å². The number of unbranched alkanes of at least 4 members (excludes halogenated alkanes) is 1. The highest BCUT2D eigenvalue weighted by atomic mass is 16.2. The van der Waals surface area contributed by atoms with Crippen LogP contribution in [0.4, 0.5) is 0 Å². The summed E-state index contributed by atoms with van der Waals surface area (Å²) in [5, 5.41) is 0. The molecule has 1 saturated heterocycles. The molecule has 2 rings (SSSR count). The molecular formula is C14H24N2O2. The number of nitrogens with two attached hydrogens (primary N) is 1. The van der Waals surface area contributed by atoms with E-state index in [4.69, 9.17) is 5.73 Å². The molecule has 3 unspecified atom stereocenters. The molecule has 0 aromatic heterocycles. The van der Waals surface area contributed by atoms with Gasteiger partial charge >= 0.3 is 0 Å². The smallest absolute Gasteiger partial charge is 0.233 e. The number of hydrogen-bond acceptors (Lipinski definition) is 3. The van der Waals surface area contributed by atoms with E-state index < -0.39 is 0 Å². The standard InChI is InChI=1S/C14H24N2O2/c1-3-4-5-10(8-15)16-13(17)11-6-9(2)7-12(11)14(16)18/h9-12H,3-8,15H2,1-2H3. The molecule has 1 saturated carbocycles. The van der Waals surface area contributed by atoms with Gasteiger partial charge in [0.05, 0.1) is 17.9 Å². The lowest BCUT2D eigenvalue weighted by molar-refractivity contribution is -0.143. The Balaban J connectivity index is 2.10. The molecule has 2 amide bonds. The van der Waals surface area contributed by atoms with E-state index in [-0.39, 0.29) is 29.7 Å². The molecule has 2 N–H and O–H groups in total. The van der Waals surface area contributed by atoms with Crippen molar-refractivity contribution >= 4 is 11.8 Å². The molecule has 2 aliphatic rings. The van der Waals surface area contributed by atoms with E-state index in [0.717, 1.165) is 32.1 Å². The van der Waals surface area contributed by atoms with Crippen molar-refractivity contribution in [3.8, 4) is 0 Å². The Bertz CT molecular complexity index is 319. The summed E-state index contributed by atoms with van der Waals surface area (Å²) in [5.74, 6) is 0.482. The van der Waals surface area contributed by atoms with Crippen LogP contribution in [0.5, 0.6) is 0 Å². The summed E-state index contributed by atoms with van der Waals surface area (Å²) in [6.07, 6.45) is 4.67. The fourth-order valence-corrected chi connectivity index (χ4v) is 3.46. The van der Waals surface area contributed by atoms with E-state index in [2.05, 4.69) is 13.8 Å². The second-order valence-electron chi connectivity index (χ2n) is 5.87. The largest absolute Gasteiger partial charge is 0.328 e. The highest BCUT2D eigenvalue weighted by molar-refractivity contribution is 6.05. The molecule has 18 heavy (non-hydrogen) atoms. The summed E-state index contributed by atoms with van der Waals surface area (Å²) >= 11 is 0. The van der Waals surface area contributed by atoms with Crippen molar-refractivity contribution in [1.82, 2.24) is 4.90 Å². The Hall–Kier alpha value is -0.900. The number of likely N-dealkylation sites (tertiary alicyclic amines) is 1. The van der Waals surface area contributed by atoms with E-state index >= 15 is 0 Å². The van der Waals surface area contributed by atoms with Gasteiger partial charge < -0.3 is 5.73 Å². The number of imide groups is 1. The third kappa shape index (κ3) is 2.18. The van der Waals surface area contributed by atoms with Crippen LogP contribution in [0.15, 0.2) is 0 Å². The predicted octanol–water partition coefficient (Wildman–Crippen LogP) is 1.54. The van der Waals surface area contributed by atoms with Crippen LogP contribution in [0, 0.1) is 17.8 Å². The molecule has 4 nitrogen and oxygen atoms in total. The topological polar surface area (TPSA) is 63.4 Å². The van der Waals surface area contributed by atoms with Crippen LogP contribution in [0.2, 0.25) is 0 Å². The number of amides is 2. The molecule has 0 aromatic rings. The van der Waals surface area contributed by atoms with E-state index in [9.17, 15) is 9.59 Å². The first kappa shape index (κ1) is 13.5. The average Bonchev–Trinajstić information content (AvgIpc) is 2.83. The molecule has 3 atom stereocenters. The van der Waals surface area contributed by atoms with Crippen LogP contribution in [0.1, 0.15) is 46.0 Å². The fourth-order valence-electron chi connectivity index (χ4n) is 3.46. The van der Waals surface area contributed by atoms with Crippen molar-refractivity contribution in [2.75, 3.05) is 6.54 Å². The molecule has 2 fully saturated rings. The van der Waals surface area contributed by atoms with Gasteiger partial charge in [0, 0.05) is 6.54 Å². The zero-order valence-electron chi connectivity index (χ0n) is 11.4. The van der Waals surface area contributed by atoms with E-state index in [1.807, 2.05) is 0 Å². The minimum absolute atomic E-state index is 0.0425. The van der Waals surface area contributed by atoms with Crippen LogP contribution in [-0.4, -0.2) is 29.3 Å². The van der Waals surface area contributed by atoms with E-state index in [1.165, 1.54) is 4.90 Å². The van der Waals surface area contributed by atoms with E-state index in [1.54, 1.807) is 0 Å². The third-order valence-corrected chi connectivity index (χ3v) is 4.44. The molecule has 0 bridgehead atoms. The maximum absolute atomic E-state index is 12.4. The number of fused-ring (bicyclic) bond motifs is 1. The first-order chi connectivity index (χ1) is 8.60. The number of nitrogens with zero attached hydrogens (tertiary/aromatic N) is 1. The molecule has 4 heteroatoms. The number of carbonyl (C=O) groups is 2. The lowest BCUT2D eigenvalue weighted by Crippen LogP contribution is -2.45. The minimum Gasteiger partial charge on any atom is -0.328 e. The van der Waals surface area contributed by atoms with Crippen molar-refractivity contribution in [2.45, 2.75) is 52.0 Å². The Morgan fingerprint density at radius 1 is 1.28 bits per heavy atom. The molecule has 1 aliphatic carbocycles. The SMILES string of the molecule is CCCCC(CN)N1C(=O)C2CC(C)CC2C1=O. The summed E-state index contributed by atoms with van der Waals surface area (Å²) < 4.78 is 0. The summed E-state index contributed by atoms with van der Waals surface area (Å²) in [7, 11) is 0. The highest BCUT2D eigenvalue weighted by Crippen LogP contribution is 2.43. The second-order valence-corrected chi connectivity index (χ2v) is 5.87. The lowest BCUT2D eigenvalue weighted by atomic mass is 10.00. The Morgan fingerprint density at radius 2 is 1.83 bits per heavy atom. The van der Waals surface area contributed by atoms with Crippen molar-refractivity contribution < 1.29 is 9.59 Å². The first-order valence-electron chi connectivity index (χ1n) is 7.17. The van der Waals surface area contributed by atoms with Gasteiger partial charge in [-0.3, -0.25) is 14.5 Å². The van der Waals surface area contributed by atoms with Crippen LogP contribution in [-0.2, 0) is 9.59 Å². The molecule has 102 valence electrons. The van der Waals surface area contributed by atoms with Gasteiger partial charge in [-0.1, -0.05) is 26.7 Å². The predicted molar refractivity (Wildman–Crippen MR) is 69.6 cm³/mol. The first-order valence-corrected chi connectivity index (χ1v) is 7.17. The molecule has 0 spiro atoms. The second kappa shape index (κ2) is 5.39. The number of rotatable bonds is 5. The molecule has 1 aliphatic heterocycles. The van der Waals surface area contributed by atoms with Gasteiger partial charge in [-0.25, -0.2) is 0 Å². The third-order valence-electron chi connectivity index (χ3n) is 4.44.